The van der Waals surface area contributed by atoms with E-state index in [1.165, 1.54) is 154 Å². The van der Waals surface area contributed by atoms with E-state index in [1.807, 2.05) is 0 Å². The zero-order chi connectivity index (χ0) is 31.6. The summed E-state index contributed by atoms with van der Waals surface area (Å²) in [4.78, 5) is 0. The number of hydrogen-bond acceptors (Lipinski definition) is 2. The van der Waals surface area contributed by atoms with Crippen molar-refractivity contribution in [2.45, 2.75) is 200 Å². The van der Waals surface area contributed by atoms with Crippen molar-refractivity contribution in [1.29, 1.82) is 0 Å². The zero-order valence-electron chi connectivity index (χ0n) is 30.0. The molecule has 2 heteroatoms. The molecule has 1 saturated carbocycles. The van der Waals surface area contributed by atoms with Crippen LogP contribution in [0.15, 0.2) is 48.6 Å². The average Bonchev–Trinajstić information content (AvgIpc) is 3.03. The van der Waals surface area contributed by atoms with Gasteiger partial charge in [-0.25, -0.2) is 0 Å². The van der Waals surface area contributed by atoms with Gasteiger partial charge in [-0.3, -0.25) is 0 Å². The first kappa shape index (κ1) is 40.9. The Balaban J connectivity index is 1.90. The van der Waals surface area contributed by atoms with Crippen LogP contribution in [0.5, 0.6) is 0 Å². The lowest BCUT2D eigenvalue weighted by Crippen LogP contribution is -2.49. The van der Waals surface area contributed by atoms with Crippen LogP contribution >= 0.6 is 0 Å². The molecule has 44 heavy (non-hydrogen) atoms. The molecular formula is C42H76O2. The number of allylic oxidation sites excluding steroid dienone is 8. The summed E-state index contributed by atoms with van der Waals surface area (Å²) < 4.78 is 12.6. The molecule has 0 aliphatic heterocycles. The topological polar surface area (TPSA) is 18.5 Å². The van der Waals surface area contributed by atoms with Gasteiger partial charge in [-0.05, 0) is 89.4 Å². The molecule has 3 unspecified atom stereocenters. The number of rotatable bonds is 33. The van der Waals surface area contributed by atoms with E-state index in [2.05, 4.69) is 69.4 Å². The predicted octanol–water partition coefficient (Wildman–Crippen LogP) is 13.8. The molecule has 0 spiro atoms. The Bertz CT molecular complexity index is 690. The molecule has 0 amide bonds. The van der Waals surface area contributed by atoms with Crippen LogP contribution in [0, 0.1) is 5.92 Å². The van der Waals surface area contributed by atoms with E-state index >= 15 is 0 Å². The molecule has 0 heterocycles. The third kappa shape index (κ3) is 25.1. The molecule has 0 saturated heterocycles. The highest BCUT2D eigenvalue weighted by molar-refractivity contribution is 4.94. The lowest BCUT2D eigenvalue weighted by atomic mass is 9.77. The first-order chi connectivity index (χ1) is 21.8. The predicted molar refractivity (Wildman–Crippen MR) is 197 cm³/mol. The molecule has 0 aromatic rings. The Morgan fingerprint density at radius 2 is 0.818 bits per heavy atom. The Labute approximate surface area is 276 Å². The highest BCUT2D eigenvalue weighted by Gasteiger charge is 2.41. The van der Waals surface area contributed by atoms with Crippen molar-refractivity contribution in [1.82, 2.24) is 0 Å². The van der Waals surface area contributed by atoms with Gasteiger partial charge in [0.2, 0.25) is 0 Å². The van der Waals surface area contributed by atoms with Crippen molar-refractivity contribution >= 4 is 0 Å². The molecule has 1 rings (SSSR count). The van der Waals surface area contributed by atoms with E-state index in [-0.39, 0.29) is 0 Å². The van der Waals surface area contributed by atoms with Crippen LogP contribution in [0.3, 0.4) is 0 Å². The lowest BCUT2D eigenvalue weighted by Gasteiger charge is -2.43. The highest BCUT2D eigenvalue weighted by atomic mass is 16.5. The molecular weight excluding hydrogens is 536 g/mol. The Kier molecular flexibility index (Phi) is 30.9. The van der Waals surface area contributed by atoms with Crippen molar-refractivity contribution in [3.8, 4) is 0 Å². The van der Waals surface area contributed by atoms with E-state index in [0.29, 0.717) is 18.1 Å². The third-order valence-corrected chi connectivity index (χ3v) is 9.22. The van der Waals surface area contributed by atoms with Crippen LogP contribution in [0.1, 0.15) is 188 Å². The average molecular weight is 613 g/mol. The molecule has 1 aliphatic carbocycles. The monoisotopic (exact) mass is 613 g/mol. The van der Waals surface area contributed by atoms with Crippen molar-refractivity contribution in [3.05, 3.63) is 48.6 Å². The highest BCUT2D eigenvalue weighted by Crippen LogP contribution is 2.36. The van der Waals surface area contributed by atoms with E-state index in [1.54, 1.807) is 0 Å². The van der Waals surface area contributed by atoms with Crippen LogP contribution in [0.25, 0.3) is 0 Å². The van der Waals surface area contributed by atoms with E-state index in [9.17, 15) is 0 Å². The van der Waals surface area contributed by atoms with Gasteiger partial charge in [-0.1, -0.05) is 153 Å². The number of unbranched alkanes of at least 4 members (excludes halogenated alkanes) is 18. The van der Waals surface area contributed by atoms with Gasteiger partial charge in [0.25, 0.3) is 0 Å². The summed E-state index contributed by atoms with van der Waals surface area (Å²) >= 11 is 0. The second-order valence-corrected chi connectivity index (χ2v) is 13.3. The largest absolute Gasteiger partial charge is 0.375 e. The summed E-state index contributed by atoms with van der Waals surface area (Å²) in [7, 11) is 0. The summed E-state index contributed by atoms with van der Waals surface area (Å²) in [5, 5.41) is 0. The van der Waals surface area contributed by atoms with Crippen molar-refractivity contribution < 1.29 is 9.47 Å². The first-order valence-electron chi connectivity index (χ1n) is 19.7. The van der Waals surface area contributed by atoms with Gasteiger partial charge < -0.3 is 9.47 Å². The normalized spacial score (nSPS) is 18.9. The molecule has 1 aliphatic rings. The Hall–Kier alpha value is -1.12. The molecule has 0 aromatic heterocycles. The second-order valence-electron chi connectivity index (χ2n) is 13.3. The zero-order valence-corrected chi connectivity index (χ0v) is 30.0. The standard InChI is InChI=1S/C42H76O2/c1-4-7-9-11-13-15-17-19-21-23-25-27-29-31-33-35-37-43-41-39-40(6-3)42(41)44-38-36-34-32-30-28-26-24-22-20-18-16-14-12-10-8-5-2/h13-16,19-22,40-42H,4-12,17-18,23-39H2,1-3H3. The van der Waals surface area contributed by atoms with Gasteiger partial charge in [-0.15, -0.1) is 0 Å². The summed E-state index contributed by atoms with van der Waals surface area (Å²) in [6.45, 7) is 8.68. The Morgan fingerprint density at radius 1 is 0.432 bits per heavy atom. The molecule has 1 fully saturated rings. The summed E-state index contributed by atoms with van der Waals surface area (Å²) in [6.07, 6.45) is 53.0. The maximum Gasteiger partial charge on any atom is 0.0865 e. The van der Waals surface area contributed by atoms with Gasteiger partial charge >= 0.3 is 0 Å². The van der Waals surface area contributed by atoms with E-state index < -0.39 is 0 Å². The minimum absolute atomic E-state index is 0.350. The summed E-state index contributed by atoms with van der Waals surface area (Å²) in [6, 6.07) is 0. The van der Waals surface area contributed by atoms with Crippen LogP contribution in [0.4, 0.5) is 0 Å². The maximum atomic E-state index is 6.35. The van der Waals surface area contributed by atoms with Gasteiger partial charge in [0.15, 0.2) is 0 Å². The van der Waals surface area contributed by atoms with Crippen LogP contribution < -0.4 is 0 Å². The quantitative estimate of drug-likeness (QED) is 0.0542. The van der Waals surface area contributed by atoms with Gasteiger partial charge in [0, 0.05) is 13.2 Å². The molecule has 3 atom stereocenters. The first-order valence-corrected chi connectivity index (χ1v) is 19.7. The van der Waals surface area contributed by atoms with E-state index in [4.69, 9.17) is 9.47 Å². The fraction of sp³-hybridized carbons (Fsp3) is 0.810. The number of ether oxygens (including phenoxy) is 2. The molecule has 0 N–H and O–H groups in total. The summed E-state index contributed by atoms with van der Waals surface area (Å²) in [5.74, 6) is 0.709. The minimum atomic E-state index is 0.350. The lowest BCUT2D eigenvalue weighted by molar-refractivity contribution is -0.165. The Morgan fingerprint density at radius 3 is 1.25 bits per heavy atom. The molecule has 256 valence electrons. The van der Waals surface area contributed by atoms with Crippen LogP contribution in [-0.4, -0.2) is 25.4 Å². The maximum absolute atomic E-state index is 6.35. The SMILES string of the molecule is CCCCCC=CCC=CCCCCCCCCOC1CC(CC)C1OCCCCCCCCC=CCC=CCCCCC. The van der Waals surface area contributed by atoms with Crippen molar-refractivity contribution in [2.24, 2.45) is 5.92 Å². The smallest absolute Gasteiger partial charge is 0.0865 e. The van der Waals surface area contributed by atoms with Crippen LogP contribution in [0.2, 0.25) is 0 Å². The summed E-state index contributed by atoms with van der Waals surface area (Å²) in [5.41, 5.74) is 0. The van der Waals surface area contributed by atoms with Gasteiger partial charge in [0.05, 0.1) is 12.2 Å². The molecule has 2 nitrogen and oxygen atoms in total. The van der Waals surface area contributed by atoms with Gasteiger partial charge in [-0.2, -0.15) is 0 Å². The minimum Gasteiger partial charge on any atom is -0.375 e. The fourth-order valence-corrected chi connectivity index (χ4v) is 6.11. The van der Waals surface area contributed by atoms with Crippen molar-refractivity contribution in [2.75, 3.05) is 13.2 Å². The van der Waals surface area contributed by atoms with Crippen molar-refractivity contribution in [3.63, 3.8) is 0 Å². The molecule has 0 radical (unpaired) electrons. The van der Waals surface area contributed by atoms with Gasteiger partial charge in [0.1, 0.15) is 0 Å². The number of hydrogen-bond donors (Lipinski definition) is 0. The van der Waals surface area contributed by atoms with E-state index in [0.717, 1.165) is 26.1 Å². The fourth-order valence-electron chi connectivity index (χ4n) is 6.11. The molecule has 0 bridgehead atoms. The second kappa shape index (κ2) is 33.2. The third-order valence-electron chi connectivity index (χ3n) is 9.22. The van der Waals surface area contributed by atoms with Crippen LogP contribution in [-0.2, 0) is 9.47 Å². The molecule has 0 aromatic carbocycles.